The van der Waals surface area contributed by atoms with Crippen molar-refractivity contribution in [2.45, 2.75) is 6.92 Å². The van der Waals surface area contributed by atoms with Crippen LogP contribution in [-0.4, -0.2) is 18.1 Å². The molecule has 0 bridgehead atoms. The molecule has 0 spiro atoms. The Labute approximate surface area is 118 Å². The standard InChI is InChI=1S/C15H16N4O/c1-11-7-12(10-16)8-15(19-11)18-5-6-20-14-4-2-3-13(17)9-14/h2-4,7-9H,5-6,17H2,1H3,(H,18,19). The highest BCUT2D eigenvalue weighted by Crippen LogP contribution is 2.14. The Morgan fingerprint density at radius 1 is 1.35 bits per heavy atom. The van der Waals surface area contributed by atoms with Crippen LogP contribution in [0.1, 0.15) is 11.3 Å². The number of rotatable bonds is 5. The second kappa shape index (κ2) is 6.43. The zero-order chi connectivity index (χ0) is 14.4. The van der Waals surface area contributed by atoms with Gasteiger partial charge in [-0.25, -0.2) is 4.98 Å². The van der Waals surface area contributed by atoms with Crippen molar-refractivity contribution < 1.29 is 4.74 Å². The van der Waals surface area contributed by atoms with Crippen molar-refractivity contribution in [1.82, 2.24) is 4.98 Å². The van der Waals surface area contributed by atoms with Crippen molar-refractivity contribution >= 4 is 11.5 Å². The van der Waals surface area contributed by atoms with E-state index < -0.39 is 0 Å². The summed E-state index contributed by atoms with van der Waals surface area (Å²) in [6.07, 6.45) is 0. The summed E-state index contributed by atoms with van der Waals surface area (Å²) in [5.41, 5.74) is 7.74. The average molecular weight is 268 g/mol. The first-order chi connectivity index (χ1) is 9.67. The zero-order valence-electron chi connectivity index (χ0n) is 11.3. The number of aryl methyl sites for hydroxylation is 1. The fourth-order valence-corrected chi connectivity index (χ4v) is 1.78. The van der Waals surface area contributed by atoms with Gasteiger partial charge in [-0.15, -0.1) is 0 Å². The molecule has 0 atom stereocenters. The summed E-state index contributed by atoms with van der Waals surface area (Å²) < 4.78 is 5.56. The summed E-state index contributed by atoms with van der Waals surface area (Å²) in [7, 11) is 0. The van der Waals surface area contributed by atoms with Gasteiger partial charge in [0.15, 0.2) is 0 Å². The number of ether oxygens (including phenoxy) is 1. The van der Waals surface area contributed by atoms with E-state index in [1.165, 1.54) is 0 Å². The molecule has 0 aliphatic heterocycles. The molecule has 0 saturated heterocycles. The second-order valence-electron chi connectivity index (χ2n) is 4.34. The van der Waals surface area contributed by atoms with Crippen LogP contribution in [0.15, 0.2) is 36.4 Å². The van der Waals surface area contributed by atoms with Crippen molar-refractivity contribution in [2.75, 3.05) is 24.2 Å². The molecule has 102 valence electrons. The topological polar surface area (TPSA) is 84.0 Å². The van der Waals surface area contributed by atoms with Crippen LogP contribution in [0, 0.1) is 18.3 Å². The first kappa shape index (κ1) is 13.7. The molecule has 0 saturated carbocycles. The molecule has 0 aliphatic carbocycles. The lowest BCUT2D eigenvalue weighted by atomic mass is 10.2. The molecule has 1 aromatic heterocycles. The maximum Gasteiger partial charge on any atom is 0.127 e. The average Bonchev–Trinajstić information content (AvgIpc) is 2.43. The maximum atomic E-state index is 8.89. The van der Waals surface area contributed by atoms with Crippen LogP contribution in [-0.2, 0) is 0 Å². The maximum absolute atomic E-state index is 8.89. The van der Waals surface area contributed by atoms with Gasteiger partial charge in [0.2, 0.25) is 0 Å². The number of anilines is 2. The number of nitrogen functional groups attached to an aromatic ring is 1. The van der Waals surface area contributed by atoms with E-state index in [9.17, 15) is 0 Å². The van der Waals surface area contributed by atoms with E-state index in [0.717, 1.165) is 11.4 Å². The number of nitrogens with zero attached hydrogens (tertiary/aromatic N) is 2. The van der Waals surface area contributed by atoms with Crippen LogP contribution in [0.25, 0.3) is 0 Å². The van der Waals surface area contributed by atoms with Gasteiger partial charge in [-0.3, -0.25) is 0 Å². The highest BCUT2D eigenvalue weighted by atomic mass is 16.5. The van der Waals surface area contributed by atoms with Crippen molar-refractivity contribution in [3.8, 4) is 11.8 Å². The number of nitrogens with two attached hydrogens (primary N) is 1. The third kappa shape index (κ3) is 3.89. The van der Waals surface area contributed by atoms with E-state index in [2.05, 4.69) is 16.4 Å². The van der Waals surface area contributed by atoms with E-state index in [1.807, 2.05) is 25.1 Å². The number of hydrogen-bond donors (Lipinski definition) is 2. The third-order valence-corrected chi connectivity index (χ3v) is 2.62. The molecule has 0 fully saturated rings. The van der Waals surface area contributed by atoms with Gasteiger partial charge < -0.3 is 15.8 Å². The molecule has 0 aliphatic rings. The summed E-state index contributed by atoms with van der Waals surface area (Å²) in [6, 6.07) is 12.9. The number of pyridine rings is 1. The predicted molar refractivity (Wildman–Crippen MR) is 78.5 cm³/mol. The fourth-order valence-electron chi connectivity index (χ4n) is 1.78. The molecular weight excluding hydrogens is 252 g/mol. The van der Waals surface area contributed by atoms with Crippen molar-refractivity contribution in [2.24, 2.45) is 0 Å². The number of hydrogen-bond acceptors (Lipinski definition) is 5. The lowest BCUT2D eigenvalue weighted by Gasteiger charge is -2.09. The van der Waals surface area contributed by atoms with Crippen molar-refractivity contribution in [3.63, 3.8) is 0 Å². The summed E-state index contributed by atoms with van der Waals surface area (Å²) >= 11 is 0. The lowest BCUT2D eigenvalue weighted by Crippen LogP contribution is -2.12. The molecule has 0 unspecified atom stereocenters. The highest BCUT2D eigenvalue weighted by Gasteiger charge is 1.99. The minimum atomic E-state index is 0.487. The Kier molecular flexibility index (Phi) is 4.40. The fraction of sp³-hybridized carbons (Fsp3) is 0.200. The van der Waals surface area contributed by atoms with E-state index in [0.29, 0.717) is 30.2 Å². The van der Waals surface area contributed by atoms with Crippen LogP contribution < -0.4 is 15.8 Å². The molecule has 2 rings (SSSR count). The molecule has 5 nitrogen and oxygen atoms in total. The predicted octanol–water partition coefficient (Wildman–Crippen LogP) is 2.33. The summed E-state index contributed by atoms with van der Waals surface area (Å²) in [6.45, 7) is 2.94. The Hall–Kier alpha value is -2.74. The number of aromatic nitrogens is 1. The van der Waals surface area contributed by atoms with Crippen LogP contribution in [0.4, 0.5) is 11.5 Å². The third-order valence-electron chi connectivity index (χ3n) is 2.62. The van der Waals surface area contributed by atoms with Gasteiger partial charge in [-0.05, 0) is 31.2 Å². The Morgan fingerprint density at radius 2 is 2.20 bits per heavy atom. The summed E-state index contributed by atoms with van der Waals surface area (Å²) in [4.78, 5) is 4.30. The van der Waals surface area contributed by atoms with Gasteiger partial charge >= 0.3 is 0 Å². The molecule has 5 heteroatoms. The van der Waals surface area contributed by atoms with E-state index in [1.54, 1.807) is 18.2 Å². The van der Waals surface area contributed by atoms with E-state index in [4.69, 9.17) is 15.7 Å². The quantitative estimate of drug-likeness (QED) is 0.642. The van der Waals surface area contributed by atoms with Crippen molar-refractivity contribution in [3.05, 3.63) is 47.7 Å². The number of benzene rings is 1. The Morgan fingerprint density at radius 3 is 2.95 bits per heavy atom. The first-order valence-corrected chi connectivity index (χ1v) is 6.28. The number of nitriles is 1. The van der Waals surface area contributed by atoms with Gasteiger partial charge in [0.05, 0.1) is 18.2 Å². The molecule has 2 aromatic rings. The highest BCUT2D eigenvalue weighted by molar-refractivity contribution is 5.45. The smallest absolute Gasteiger partial charge is 0.127 e. The van der Waals surface area contributed by atoms with Gasteiger partial charge in [0, 0.05) is 17.4 Å². The Balaban J connectivity index is 1.84. The normalized spacial score (nSPS) is 9.80. The second-order valence-corrected chi connectivity index (χ2v) is 4.34. The van der Waals surface area contributed by atoms with Crippen LogP contribution in [0.5, 0.6) is 5.75 Å². The Bertz CT molecular complexity index is 634. The van der Waals surface area contributed by atoms with Gasteiger partial charge in [-0.1, -0.05) is 6.07 Å². The SMILES string of the molecule is Cc1cc(C#N)cc(NCCOc2cccc(N)c2)n1. The number of nitrogens with one attached hydrogen (secondary N) is 1. The molecule has 0 amide bonds. The molecule has 0 radical (unpaired) electrons. The van der Waals surface area contributed by atoms with Gasteiger partial charge in [0.25, 0.3) is 0 Å². The largest absolute Gasteiger partial charge is 0.492 e. The van der Waals surface area contributed by atoms with E-state index >= 15 is 0 Å². The zero-order valence-corrected chi connectivity index (χ0v) is 11.3. The van der Waals surface area contributed by atoms with E-state index in [-0.39, 0.29) is 0 Å². The molecule has 3 N–H and O–H groups in total. The summed E-state index contributed by atoms with van der Waals surface area (Å²) in [5, 5.41) is 12.0. The molecule has 20 heavy (non-hydrogen) atoms. The van der Waals surface area contributed by atoms with Crippen molar-refractivity contribution in [1.29, 1.82) is 5.26 Å². The van der Waals surface area contributed by atoms with Crippen LogP contribution >= 0.6 is 0 Å². The van der Waals surface area contributed by atoms with Gasteiger partial charge in [-0.2, -0.15) is 5.26 Å². The minimum absolute atomic E-state index is 0.487. The van der Waals surface area contributed by atoms with Crippen LogP contribution in [0.2, 0.25) is 0 Å². The lowest BCUT2D eigenvalue weighted by molar-refractivity contribution is 0.333. The van der Waals surface area contributed by atoms with Crippen LogP contribution in [0.3, 0.4) is 0 Å². The monoisotopic (exact) mass is 268 g/mol. The molecular formula is C15H16N4O. The first-order valence-electron chi connectivity index (χ1n) is 6.28. The summed E-state index contributed by atoms with van der Waals surface area (Å²) in [5.74, 6) is 1.42. The molecule has 1 heterocycles. The molecule has 1 aromatic carbocycles. The minimum Gasteiger partial charge on any atom is -0.492 e. The van der Waals surface area contributed by atoms with Gasteiger partial charge in [0.1, 0.15) is 18.2 Å².